The van der Waals surface area contributed by atoms with Crippen LogP contribution in [0.1, 0.15) is 39.2 Å². The average molecular weight is 430 g/mol. The van der Waals surface area contributed by atoms with E-state index in [-0.39, 0.29) is 29.4 Å². The maximum atomic E-state index is 6.04. The minimum atomic E-state index is -0.00360. The van der Waals surface area contributed by atoms with Crippen LogP contribution in [0.2, 0.25) is 0 Å². The third kappa shape index (κ3) is 5.95. The average Bonchev–Trinajstić information content (AvgIpc) is 2.99. The van der Waals surface area contributed by atoms with E-state index >= 15 is 0 Å². The fraction of sp³-hybridized carbons (Fsp3) is 0.611. The van der Waals surface area contributed by atoms with Crippen molar-refractivity contribution in [3.05, 3.63) is 35.9 Å². The molecule has 0 aromatic heterocycles. The SMILES string of the molecule is CCN1CCCC1CNC(N)=NCC(C)(C)c1ccccc1.I. The Balaban J connectivity index is 0.00000264. The van der Waals surface area contributed by atoms with Crippen molar-refractivity contribution in [2.45, 2.75) is 45.1 Å². The van der Waals surface area contributed by atoms with E-state index in [1.165, 1.54) is 24.9 Å². The van der Waals surface area contributed by atoms with Crippen LogP contribution in [0.3, 0.4) is 0 Å². The second kappa shape index (κ2) is 9.47. The molecule has 1 saturated heterocycles. The van der Waals surface area contributed by atoms with Crippen LogP contribution < -0.4 is 11.1 Å². The quantitative estimate of drug-likeness (QED) is 0.415. The van der Waals surface area contributed by atoms with E-state index < -0.39 is 0 Å². The van der Waals surface area contributed by atoms with Crippen LogP contribution in [-0.4, -0.2) is 43.1 Å². The molecule has 0 saturated carbocycles. The molecule has 1 aliphatic rings. The van der Waals surface area contributed by atoms with Crippen molar-refractivity contribution in [2.75, 3.05) is 26.2 Å². The van der Waals surface area contributed by atoms with Gasteiger partial charge in [0, 0.05) is 18.0 Å². The van der Waals surface area contributed by atoms with Gasteiger partial charge in [-0.15, -0.1) is 24.0 Å². The second-order valence-corrected chi connectivity index (χ2v) is 6.76. The largest absolute Gasteiger partial charge is 0.370 e. The number of likely N-dealkylation sites (N-methyl/N-ethyl adjacent to an activating group) is 1. The highest BCUT2D eigenvalue weighted by Crippen LogP contribution is 2.23. The number of benzene rings is 1. The van der Waals surface area contributed by atoms with Gasteiger partial charge in [0.05, 0.1) is 6.54 Å². The third-order valence-electron chi connectivity index (χ3n) is 4.62. The lowest BCUT2D eigenvalue weighted by Gasteiger charge is -2.24. The minimum Gasteiger partial charge on any atom is -0.370 e. The van der Waals surface area contributed by atoms with E-state index in [9.17, 15) is 0 Å². The predicted octanol–water partition coefficient (Wildman–Crippen LogP) is 2.97. The molecule has 1 fully saturated rings. The number of nitrogens with one attached hydrogen (secondary N) is 1. The molecule has 1 heterocycles. The van der Waals surface area contributed by atoms with E-state index in [1.54, 1.807) is 0 Å². The predicted molar refractivity (Wildman–Crippen MR) is 110 cm³/mol. The number of likely N-dealkylation sites (tertiary alicyclic amines) is 1. The molecule has 0 bridgehead atoms. The molecule has 1 aromatic rings. The normalized spacial score (nSPS) is 19.4. The number of guanidine groups is 1. The Morgan fingerprint density at radius 2 is 2.04 bits per heavy atom. The van der Waals surface area contributed by atoms with Gasteiger partial charge >= 0.3 is 0 Å². The molecule has 2 rings (SSSR count). The minimum absolute atomic E-state index is 0. The molecule has 0 aliphatic carbocycles. The van der Waals surface area contributed by atoms with Gasteiger partial charge in [-0.25, -0.2) is 0 Å². The van der Waals surface area contributed by atoms with Gasteiger partial charge in [-0.3, -0.25) is 9.89 Å². The summed E-state index contributed by atoms with van der Waals surface area (Å²) in [5, 5.41) is 3.30. The van der Waals surface area contributed by atoms with Crippen molar-refractivity contribution in [2.24, 2.45) is 10.7 Å². The summed E-state index contributed by atoms with van der Waals surface area (Å²) in [7, 11) is 0. The summed E-state index contributed by atoms with van der Waals surface area (Å²) >= 11 is 0. The zero-order valence-corrected chi connectivity index (χ0v) is 16.9. The summed E-state index contributed by atoms with van der Waals surface area (Å²) in [6, 6.07) is 11.1. The third-order valence-corrected chi connectivity index (χ3v) is 4.62. The van der Waals surface area contributed by atoms with E-state index in [0.29, 0.717) is 18.5 Å². The van der Waals surface area contributed by atoms with Gasteiger partial charge in [0.1, 0.15) is 0 Å². The summed E-state index contributed by atoms with van der Waals surface area (Å²) in [5.41, 5.74) is 7.33. The standard InChI is InChI=1S/C18H30N4.HI/c1-4-22-12-8-11-16(22)13-20-17(19)21-14-18(2,3)15-9-6-5-7-10-15;/h5-7,9-10,16H,4,8,11-14H2,1-3H3,(H3,19,20,21);1H. The topological polar surface area (TPSA) is 53.6 Å². The van der Waals surface area contributed by atoms with Gasteiger partial charge in [0.15, 0.2) is 5.96 Å². The Morgan fingerprint density at radius 3 is 2.70 bits per heavy atom. The summed E-state index contributed by atoms with van der Waals surface area (Å²) in [6.07, 6.45) is 2.54. The number of nitrogens with two attached hydrogens (primary N) is 1. The van der Waals surface area contributed by atoms with E-state index in [4.69, 9.17) is 5.73 Å². The highest BCUT2D eigenvalue weighted by Gasteiger charge is 2.23. The molecule has 5 heteroatoms. The van der Waals surface area contributed by atoms with Crippen molar-refractivity contribution in [1.82, 2.24) is 10.2 Å². The van der Waals surface area contributed by atoms with Crippen LogP contribution in [0.5, 0.6) is 0 Å². The van der Waals surface area contributed by atoms with Gasteiger partial charge in [-0.1, -0.05) is 51.1 Å². The second-order valence-electron chi connectivity index (χ2n) is 6.76. The maximum absolute atomic E-state index is 6.04. The van der Waals surface area contributed by atoms with E-state index in [0.717, 1.165) is 13.1 Å². The number of nitrogens with zero attached hydrogens (tertiary/aromatic N) is 2. The smallest absolute Gasteiger partial charge is 0.188 e. The lowest BCUT2D eigenvalue weighted by atomic mass is 9.85. The fourth-order valence-corrected chi connectivity index (χ4v) is 3.08. The molecule has 0 amide bonds. The summed E-state index contributed by atoms with van der Waals surface area (Å²) in [5.74, 6) is 0.562. The number of rotatable bonds is 6. The number of aliphatic imine (C=N–C) groups is 1. The molecule has 0 spiro atoms. The molecule has 1 aliphatic heterocycles. The van der Waals surface area contributed by atoms with Gasteiger partial charge in [0.25, 0.3) is 0 Å². The van der Waals surface area contributed by atoms with Gasteiger partial charge in [0.2, 0.25) is 0 Å². The lowest BCUT2D eigenvalue weighted by Crippen LogP contribution is -2.43. The zero-order valence-electron chi connectivity index (χ0n) is 14.6. The van der Waals surface area contributed by atoms with E-state index in [2.05, 4.69) is 60.2 Å². The van der Waals surface area contributed by atoms with Crippen molar-refractivity contribution in [3.8, 4) is 0 Å². The van der Waals surface area contributed by atoms with Crippen molar-refractivity contribution >= 4 is 29.9 Å². The van der Waals surface area contributed by atoms with Crippen molar-refractivity contribution in [3.63, 3.8) is 0 Å². The van der Waals surface area contributed by atoms with Gasteiger partial charge in [-0.2, -0.15) is 0 Å². The van der Waals surface area contributed by atoms with Crippen molar-refractivity contribution < 1.29 is 0 Å². The molecule has 3 N–H and O–H groups in total. The fourth-order valence-electron chi connectivity index (χ4n) is 3.08. The molecular weight excluding hydrogens is 399 g/mol. The monoisotopic (exact) mass is 430 g/mol. The van der Waals surface area contributed by atoms with Crippen LogP contribution in [0.15, 0.2) is 35.3 Å². The molecular formula is C18H31IN4. The first kappa shape index (κ1) is 20.2. The molecule has 1 aromatic carbocycles. The Labute approximate surface area is 157 Å². The van der Waals surface area contributed by atoms with Gasteiger partial charge < -0.3 is 11.1 Å². The summed E-state index contributed by atoms with van der Waals surface area (Å²) in [6.45, 7) is 10.5. The summed E-state index contributed by atoms with van der Waals surface area (Å²) < 4.78 is 0. The van der Waals surface area contributed by atoms with E-state index in [1.807, 2.05) is 6.07 Å². The highest BCUT2D eigenvalue weighted by molar-refractivity contribution is 14.0. The Hall–Kier alpha value is -0.820. The zero-order chi connectivity index (χ0) is 16.0. The first-order chi connectivity index (χ1) is 10.5. The molecule has 1 unspecified atom stereocenters. The molecule has 4 nitrogen and oxygen atoms in total. The number of hydrogen-bond acceptors (Lipinski definition) is 2. The maximum Gasteiger partial charge on any atom is 0.188 e. The molecule has 1 atom stereocenters. The highest BCUT2D eigenvalue weighted by atomic mass is 127. The molecule has 130 valence electrons. The Morgan fingerprint density at radius 1 is 1.35 bits per heavy atom. The first-order valence-electron chi connectivity index (χ1n) is 8.36. The van der Waals surface area contributed by atoms with Crippen LogP contribution in [-0.2, 0) is 5.41 Å². The van der Waals surface area contributed by atoms with Crippen LogP contribution in [0.4, 0.5) is 0 Å². The number of hydrogen-bond donors (Lipinski definition) is 2. The van der Waals surface area contributed by atoms with Crippen molar-refractivity contribution in [1.29, 1.82) is 0 Å². The number of halogens is 1. The summed E-state index contributed by atoms with van der Waals surface area (Å²) in [4.78, 5) is 7.06. The van der Waals surface area contributed by atoms with Crippen LogP contribution in [0.25, 0.3) is 0 Å². The van der Waals surface area contributed by atoms with Gasteiger partial charge in [-0.05, 0) is 31.5 Å². The molecule has 23 heavy (non-hydrogen) atoms. The molecule has 0 radical (unpaired) electrons. The Kier molecular flexibility index (Phi) is 8.33. The Bertz CT molecular complexity index is 487. The lowest BCUT2D eigenvalue weighted by molar-refractivity contribution is 0.267. The first-order valence-corrected chi connectivity index (χ1v) is 8.36. The van der Waals surface area contributed by atoms with Crippen LogP contribution in [0, 0.1) is 0 Å². The van der Waals surface area contributed by atoms with Crippen LogP contribution >= 0.6 is 24.0 Å².